The quantitative estimate of drug-likeness (QED) is 0.0700. The molecule has 0 aromatic rings. The number of carbonyl (C=O) groups excluding carboxylic acids is 1. The van der Waals surface area contributed by atoms with E-state index in [2.05, 4.69) is 6.92 Å². The highest BCUT2D eigenvalue weighted by molar-refractivity contribution is 5.81. The summed E-state index contributed by atoms with van der Waals surface area (Å²) in [6, 6.07) is -1.07. The largest absolute Gasteiger partial charge is 0.481 e. The lowest BCUT2D eigenvalue weighted by molar-refractivity contribution is -0.153. The zero-order valence-corrected chi connectivity index (χ0v) is 25.5. The summed E-state index contributed by atoms with van der Waals surface area (Å²) in [6.07, 6.45) is 34.8. The maximum absolute atomic E-state index is 11.7. The lowest BCUT2D eigenvalue weighted by Gasteiger charge is -2.15. The molecule has 1 unspecified atom stereocenters. The number of unbranched alkanes of at least 4 members (excludes halogenated alkanes) is 24. The first kappa shape index (κ1) is 36.9. The summed E-state index contributed by atoms with van der Waals surface area (Å²) < 4.78 is 5.24. The van der Waals surface area contributed by atoms with Crippen LogP contribution < -0.4 is 5.73 Å². The van der Waals surface area contributed by atoms with Crippen LogP contribution >= 0.6 is 0 Å². The molecule has 0 aromatic carbocycles. The predicted molar refractivity (Wildman–Crippen MR) is 161 cm³/mol. The van der Waals surface area contributed by atoms with Gasteiger partial charge in [0, 0.05) is 0 Å². The van der Waals surface area contributed by atoms with Crippen LogP contribution in [0.3, 0.4) is 0 Å². The summed E-state index contributed by atoms with van der Waals surface area (Å²) in [6.45, 7) is 4.14. The first-order valence-corrected chi connectivity index (χ1v) is 16.6. The van der Waals surface area contributed by atoms with Crippen molar-refractivity contribution in [3.8, 4) is 0 Å². The van der Waals surface area contributed by atoms with Crippen LogP contribution in [0.1, 0.15) is 187 Å². The predicted octanol–water partition coefficient (Wildman–Crippen LogP) is 9.88. The standard InChI is InChI=1S/C33H65NO4/c1-3-4-5-6-7-8-9-10-11-12-13-14-15-16-17-18-19-20-21-22-23-24-25-26-27-28-30(2)38-33(37)31(34)29-32(35)36/h30-31H,3-29,34H2,1-2H3,(H,35,36)/t30?,31-/m0/s1. The number of ether oxygens (including phenoxy) is 1. The molecule has 0 heterocycles. The Kier molecular flexibility index (Phi) is 28.1. The van der Waals surface area contributed by atoms with Gasteiger partial charge in [-0.25, -0.2) is 0 Å². The van der Waals surface area contributed by atoms with Gasteiger partial charge in [0.1, 0.15) is 6.04 Å². The molecule has 0 radical (unpaired) electrons. The van der Waals surface area contributed by atoms with Crippen molar-refractivity contribution >= 4 is 11.9 Å². The van der Waals surface area contributed by atoms with Crippen molar-refractivity contribution in [1.82, 2.24) is 0 Å². The van der Waals surface area contributed by atoms with Crippen molar-refractivity contribution in [3.05, 3.63) is 0 Å². The maximum Gasteiger partial charge on any atom is 0.323 e. The van der Waals surface area contributed by atoms with Crippen molar-refractivity contribution in [2.45, 2.75) is 199 Å². The minimum absolute atomic E-state index is 0.202. The third-order valence-electron chi connectivity index (χ3n) is 7.73. The van der Waals surface area contributed by atoms with Crippen LogP contribution in [0, 0.1) is 0 Å². The molecule has 226 valence electrons. The van der Waals surface area contributed by atoms with Crippen LogP contribution in [-0.4, -0.2) is 29.2 Å². The van der Waals surface area contributed by atoms with Crippen molar-refractivity contribution < 1.29 is 19.4 Å². The van der Waals surface area contributed by atoms with Crippen molar-refractivity contribution in [3.63, 3.8) is 0 Å². The van der Waals surface area contributed by atoms with Gasteiger partial charge in [-0.1, -0.05) is 161 Å². The van der Waals surface area contributed by atoms with E-state index in [9.17, 15) is 9.59 Å². The second-order valence-corrected chi connectivity index (χ2v) is 11.7. The van der Waals surface area contributed by atoms with Gasteiger partial charge in [0.25, 0.3) is 0 Å². The number of hydrogen-bond acceptors (Lipinski definition) is 4. The number of nitrogens with two attached hydrogens (primary N) is 1. The van der Waals surface area contributed by atoms with Crippen LogP contribution in [-0.2, 0) is 14.3 Å². The summed E-state index contributed by atoms with van der Waals surface area (Å²) in [5.74, 6) is -1.69. The highest BCUT2D eigenvalue weighted by atomic mass is 16.5. The minimum Gasteiger partial charge on any atom is -0.481 e. The van der Waals surface area contributed by atoms with Gasteiger partial charge in [-0.15, -0.1) is 0 Å². The van der Waals surface area contributed by atoms with Gasteiger partial charge in [0.05, 0.1) is 12.5 Å². The van der Waals surface area contributed by atoms with Crippen molar-refractivity contribution in [1.29, 1.82) is 0 Å². The van der Waals surface area contributed by atoms with E-state index < -0.39 is 18.0 Å². The molecule has 0 bridgehead atoms. The van der Waals surface area contributed by atoms with E-state index >= 15 is 0 Å². The Morgan fingerprint density at radius 2 is 0.868 bits per heavy atom. The molecule has 3 N–H and O–H groups in total. The fraction of sp³-hybridized carbons (Fsp3) is 0.939. The number of aliphatic carboxylic acids is 1. The molecule has 0 saturated heterocycles. The third-order valence-corrected chi connectivity index (χ3v) is 7.73. The lowest BCUT2D eigenvalue weighted by Crippen LogP contribution is -2.36. The number of carboxylic acid groups (broad SMARTS) is 1. The second kappa shape index (κ2) is 28.9. The van der Waals surface area contributed by atoms with E-state index in [0.29, 0.717) is 0 Å². The molecule has 0 aromatic heterocycles. The minimum atomic E-state index is -1.08. The fourth-order valence-corrected chi connectivity index (χ4v) is 5.19. The fourth-order valence-electron chi connectivity index (χ4n) is 5.19. The number of rotatable bonds is 30. The summed E-state index contributed by atoms with van der Waals surface area (Å²) in [7, 11) is 0. The molecule has 0 spiro atoms. The average molecular weight is 540 g/mol. The van der Waals surface area contributed by atoms with E-state index in [4.69, 9.17) is 15.6 Å². The van der Waals surface area contributed by atoms with Gasteiger partial charge < -0.3 is 15.6 Å². The first-order chi connectivity index (χ1) is 18.5. The number of carboxylic acids is 1. The molecule has 0 rings (SSSR count). The van der Waals surface area contributed by atoms with Crippen LogP contribution in [0.4, 0.5) is 0 Å². The molecule has 0 aliphatic carbocycles. The summed E-state index contributed by atoms with van der Waals surface area (Å²) >= 11 is 0. The molecule has 2 atom stereocenters. The number of hydrogen-bond donors (Lipinski definition) is 2. The molecule has 0 fully saturated rings. The molecule has 0 aliphatic heterocycles. The van der Waals surface area contributed by atoms with Gasteiger partial charge in [0.15, 0.2) is 0 Å². The van der Waals surface area contributed by atoms with Gasteiger partial charge >= 0.3 is 11.9 Å². The van der Waals surface area contributed by atoms with Crippen LogP contribution in [0.5, 0.6) is 0 Å². The normalized spacial score (nSPS) is 12.9. The van der Waals surface area contributed by atoms with Gasteiger partial charge in [-0.3, -0.25) is 9.59 Å². The highest BCUT2D eigenvalue weighted by Crippen LogP contribution is 2.16. The van der Waals surface area contributed by atoms with E-state index in [1.807, 2.05) is 6.92 Å². The summed E-state index contributed by atoms with van der Waals surface area (Å²) in [4.78, 5) is 22.3. The Labute approximate surface area is 236 Å². The molecule has 0 aliphatic rings. The molecule has 38 heavy (non-hydrogen) atoms. The van der Waals surface area contributed by atoms with E-state index in [1.54, 1.807) is 0 Å². The highest BCUT2D eigenvalue weighted by Gasteiger charge is 2.20. The maximum atomic E-state index is 11.7. The SMILES string of the molecule is CCCCCCCCCCCCCCCCCCCCCCCCCCCC(C)OC(=O)[C@@H](N)CC(=O)O. The molecule has 5 nitrogen and oxygen atoms in total. The molecular formula is C33H65NO4. The summed E-state index contributed by atoms with van der Waals surface area (Å²) in [5, 5.41) is 8.68. The Morgan fingerprint density at radius 1 is 0.579 bits per heavy atom. The van der Waals surface area contributed by atoms with Gasteiger partial charge in [-0.2, -0.15) is 0 Å². The Bertz CT molecular complexity index is 525. The van der Waals surface area contributed by atoms with Crippen molar-refractivity contribution in [2.24, 2.45) is 5.73 Å². The zero-order valence-electron chi connectivity index (χ0n) is 25.5. The summed E-state index contributed by atoms with van der Waals surface area (Å²) in [5.41, 5.74) is 5.53. The monoisotopic (exact) mass is 539 g/mol. The smallest absolute Gasteiger partial charge is 0.323 e. The topological polar surface area (TPSA) is 89.6 Å². The first-order valence-electron chi connectivity index (χ1n) is 16.6. The van der Waals surface area contributed by atoms with Crippen LogP contribution in [0.15, 0.2) is 0 Å². The molecule has 5 heteroatoms. The third kappa shape index (κ3) is 27.9. The second-order valence-electron chi connectivity index (χ2n) is 11.7. The Hall–Kier alpha value is -1.10. The lowest BCUT2D eigenvalue weighted by atomic mass is 10.0. The molecular weight excluding hydrogens is 474 g/mol. The van der Waals surface area contributed by atoms with Crippen molar-refractivity contribution in [2.75, 3.05) is 0 Å². The number of esters is 1. The van der Waals surface area contributed by atoms with Gasteiger partial charge in [0.2, 0.25) is 0 Å². The van der Waals surface area contributed by atoms with E-state index in [0.717, 1.165) is 19.3 Å². The van der Waals surface area contributed by atoms with E-state index in [1.165, 1.54) is 148 Å². The molecule has 0 saturated carbocycles. The Morgan fingerprint density at radius 3 is 1.16 bits per heavy atom. The Balaban J connectivity index is 3.22. The van der Waals surface area contributed by atoms with E-state index in [-0.39, 0.29) is 12.5 Å². The molecule has 0 amide bonds. The zero-order chi connectivity index (χ0) is 28.1. The number of carbonyl (C=O) groups is 2. The van der Waals surface area contributed by atoms with Crippen LogP contribution in [0.2, 0.25) is 0 Å². The van der Waals surface area contributed by atoms with Crippen LogP contribution in [0.25, 0.3) is 0 Å². The average Bonchev–Trinajstić information content (AvgIpc) is 2.88. The van der Waals surface area contributed by atoms with Gasteiger partial charge in [-0.05, 0) is 19.8 Å².